The maximum Gasteiger partial charge on any atom is 0.490 e. The number of pyridine rings is 1. The van der Waals surface area contributed by atoms with Crippen LogP contribution in [0.15, 0.2) is 66.9 Å². The number of aromatic nitrogens is 1. The van der Waals surface area contributed by atoms with Gasteiger partial charge in [0.15, 0.2) is 0 Å². The van der Waals surface area contributed by atoms with Crippen molar-refractivity contribution < 1.29 is 47.3 Å². The summed E-state index contributed by atoms with van der Waals surface area (Å²) in [7, 11) is 0. The van der Waals surface area contributed by atoms with Gasteiger partial charge in [-0.3, -0.25) is 14.9 Å². The Labute approximate surface area is 272 Å². The average Bonchev–Trinajstić information content (AvgIpc) is 3.00. The molecule has 0 radical (unpaired) electrons. The number of aliphatic carboxylic acids is 2. The van der Waals surface area contributed by atoms with Gasteiger partial charge in [-0.2, -0.15) is 13.2 Å². The van der Waals surface area contributed by atoms with Gasteiger partial charge in [0, 0.05) is 29.4 Å². The summed E-state index contributed by atoms with van der Waals surface area (Å²) in [5, 5.41) is 27.4. The molecule has 0 saturated carbocycles. The van der Waals surface area contributed by atoms with E-state index >= 15 is 0 Å². The number of rotatable bonds is 4. The molecule has 0 aliphatic carbocycles. The van der Waals surface area contributed by atoms with Crippen molar-refractivity contribution in [2.24, 2.45) is 0 Å². The van der Waals surface area contributed by atoms with Crippen molar-refractivity contribution in [3.05, 3.63) is 94.7 Å². The van der Waals surface area contributed by atoms with Gasteiger partial charge in [0.25, 0.3) is 0 Å². The smallest absolute Gasteiger partial charge is 0.481 e. The molecule has 2 atom stereocenters. The zero-order valence-corrected chi connectivity index (χ0v) is 25.7. The number of carbonyl (C=O) groups excluding carboxylic acids is 2. The van der Waals surface area contributed by atoms with Crippen LogP contribution in [0, 0.1) is 13.8 Å². The van der Waals surface area contributed by atoms with Gasteiger partial charge >= 0.3 is 24.2 Å². The number of nitrogen functional groups attached to an aromatic ring is 1. The summed E-state index contributed by atoms with van der Waals surface area (Å²) in [4.78, 5) is 51.3. The molecule has 48 heavy (non-hydrogen) atoms. The van der Waals surface area contributed by atoms with E-state index in [0.717, 1.165) is 27.5 Å². The number of nitrogens with one attached hydrogen (secondary N) is 3. The van der Waals surface area contributed by atoms with Crippen molar-refractivity contribution in [1.29, 1.82) is 0 Å². The maximum atomic E-state index is 14.0. The number of halogens is 3. The molecule has 4 bridgehead atoms. The van der Waals surface area contributed by atoms with Gasteiger partial charge in [-0.25, -0.2) is 14.6 Å². The van der Waals surface area contributed by atoms with E-state index in [1.165, 1.54) is 0 Å². The van der Waals surface area contributed by atoms with Crippen LogP contribution in [0.4, 0.5) is 35.2 Å². The molecule has 2 aliphatic rings. The quantitative estimate of drug-likeness (QED) is 0.158. The fourth-order valence-electron chi connectivity index (χ4n) is 5.26. The molecule has 3 heterocycles. The van der Waals surface area contributed by atoms with Gasteiger partial charge < -0.3 is 31.3 Å². The number of alkyl halides is 3. The number of nitrogens with two attached hydrogens (primary N) is 1. The first-order valence-electron chi connectivity index (χ1n) is 14.5. The summed E-state index contributed by atoms with van der Waals surface area (Å²) in [6, 6.07) is 16.3. The highest BCUT2D eigenvalue weighted by atomic mass is 19.4. The molecular formula is C33H32F3N5O7. The normalized spacial score (nSPS) is 16.5. The van der Waals surface area contributed by atoms with E-state index in [-0.39, 0.29) is 13.0 Å². The number of anilines is 3. The summed E-state index contributed by atoms with van der Waals surface area (Å²) in [5.74, 6) is -3.82. The Kier molecular flexibility index (Phi) is 10.7. The Morgan fingerprint density at radius 3 is 2.35 bits per heavy atom. The minimum Gasteiger partial charge on any atom is -0.481 e. The third-order valence-electron chi connectivity index (χ3n) is 7.48. The van der Waals surface area contributed by atoms with Gasteiger partial charge in [-0.15, -0.1) is 0 Å². The van der Waals surface area contributed by atoms with E-state index < -0.39 is 42.2 Å². The van der Waals surface area contributed by atoms with E-state index in [2.05, 4.69) is 20.9 Å². The zero-order chi connectivity index (χ0) is 35.2. The highest BCUT2D eigenvalue weighted by molar-refractivity contribution is 5.94. The number of ether oxygens (including phenoxy) is 1. The van der Waals surface area contributed by atoms with Crippen LogP contribution in [-0.2, 0) is 25.5 Å². The lowest BCUT2D eigenvalue weighted by atomic mass is 9.93. The lowest BCUT2D eigenvalue weighted by molar-refractivity contribution is -0.192. The van der Waals surface area contributed by atoms with Crippen LogP contribution in [0.3, 0.4) is 0 Å². The molecule has 1 aromatic heterocycles. The molecule has 12 nitrogen and oxygen atoms in total. The first-order chi connectivity index (χ1) is 22.6. The van der Waals surface area contributed by atoms with Gasteiger partial charge in [0.1, 0.15) is 11.9 Å². The van der Waals surface area contributed by atoms with Crippen molar-refractivity contribution in [2.75, 3.05) is 23.0 Å². The average molecular weight is 668 g/mol. The molecular weight excluding hydrogens is 635 g/mol. The van der Waals surface area contributed by atoms with E-state index in [0.29, 0.717) is 34.7 Å². The summed E-state index contributed by atoms with van der Waals surface area (Å²) in [5.41, 5.74) is 11.3. The number of benzene rings is 3. The number of nitrogens with zero attached hydrogens (tertiary/aromatic N) is 1. The van der Waals surface area contributed by atoms with Gasteiger partial charge in [-0.1, -0.05) is 24.3 Å². The lowest BCUT2D eigenvalue weighted by Crippen LogP contribution is -2.37. The van der Waals surface area contributed by atoms with Crippen LogP contribution >= 0.6 is 0 Å². The topological polar surface area (TPSA) is 193 Å². The van der Waals surface area contributed by atoms with E-state index in [1.807, 2.05) is 50.2 Å². The van der Waals surface area contributed by atoms with E-state index in [1.54, 1.807) is 30.5 Å². The number of hydrogen-bond acceptors (Lipinski definition) is 8. The molecule has 0 unspecified atom stereocenters. The minimum atomic E-state index is -5.08. The monoisotopic (exact) mass is 667 g/mol. The van der Waals surface area contributed by atoms with Crippen LogP contribution in [0.25, 0.3) is 10.8 Å². The predicted molar refractivity (Wildman–Crippen MR) is 170 cm³/mol. The minimum absolute atomic E-state index is 0.172. The molecule has 0 spiro atoms. The van der Waals surface area contributed by atoms with Crippen molar-refractivity contribution >= 4 is 51.9 Å². The number of amides is 2. The Morgan fingerprint density at radius 1 is 1.02 bits per heavy atom. The van der Waals surface area contributed by atoms with Gasteiger partial charge in [0.05, 0.1) is 19.1 Å². The van der Waals surface area contributed by atoms with Crippen LogP contribution in [0.2, 0.25) is 0 Å². The Hall–Kier alpha value is -5.86. The third-order valence-corrected chi connectivity index (χ3v) is 7.48. The Bertz CT molecular complexity index is 1840. The molecule has 7 N–H and O–H groups in total. The number of carboxylic acid groups (broad SMARTS) is 2. The third kappa shape index (κ3) is 8.90. The fourth-order valence-corrected chi connectivity index (χ4v) is 5.26. The molecule has 4 aromatic rings. The number of hydrogen-bond donors (Lipinski definition) is 6. The fraction of sp³-hybridized carbons (Fsp3) is 0.242. The molecule has 0 saturated heterocycles. The Balaban J connectivity index is 0.000000671. The number of carbonyl (C=O) groups is 4. The summed E-state index contributed by atoms with van der Waals surface area (Å²) < 4.78 is 37.2. The summed E-state index contributed by atoms with van der Waals surface area (Å²) in [6.07, 6.45) is -3.91. The highest BCUT2D eigenvalue weighted by Gasteiger charge is 2.38. The summed E-state index contributed by atoms with van der Waals surface area (Å²) in [6.45, 7) is 4.08. The molecule has 252 valence electrons. The van der Waals surface area contributed by atoms with E-state index in [4.69, 9.17) is 20.4 Å². The lowest BCUT2D eigenvalue weighted by Gasteiger charge is -2.26. The molecule has 2 aliphatic heterocycles. The van der Waals surface area contributed by atoms with Crippen LogP contribution in [-0.4, -0.2) is 51.9 Å². The Morgan fingerprint density at radius 2 is 1.71 bits per heavy atom. The maximum absolute atomic E-state index is 14.0. The number of carboxylic acids is 2. The second-order valence-electron chi connectivity index (χ2n) is 10.9. The predicted octanol–water partition coefficient (Wildman–Crippen LogP) is 5.66. The number of aryl methyl sites for hydroxylation is 2. The molecule has 15 heteroatoms. The first-order valence-corrected chi connectivity index (χ1v) is 14.5. The largest absolute Gasteiger partial charge is 0.490 e. The number of fused-ring (bicyclic) bond motifs is 10. The highest BCUT2D eigenvalue weighted by Crippen LogP contribution is 2.30. The van der Waals surface area contributed by atoms with Crippen molar-refractivity contribution in [2.45, 2.75) is 44.9 Å². The van der Waals surface area contributed by atoms with Crippen LogP contribution in [0.1, 0.15) is 46.3 Å². The second kappa shape index (κ2) is 14.7. The molecule has 2 amide bonds. The van der Waals surface area contributed by atoms with Crippen molar-refractivity contribution in [3.8, 4) is 0 Å². The SMILES string of the molecule is Cc1cc2cc(C)c1CCOC(=O)Nc1cccc(c1)[C@@H](CC(=O)O)NC(=O)[C@@H]2Nc1ccc2c(N)nccc2c1.O=C(O)C(F)(F)F. The van der Waals surface area contributed by atoms with Crippen LogP contribution < -0.4 is 21.7 Å². The second-order valence-corrected chi connectivity index (χ2v) is 10.9. The van der Waals surface area contributed by atoms with Gasteiger partial charge in [-0.05, 0) is 83.4 Å². The molecule has 6 rings (SSSR count). The standard InChI is InChI=1S/C31H31N5O5.C2HF3O2/c1-17-12-21-13-18(2)24(17)9-11-41-31(40)35-22-5-3-4-20(15-22)26(16-27(37)38)36-30(39)28(21)34-23-6-7-25-19(14-23)8-10-33-29(25)32;3-2(4,5)1(6)7/h3-8,10,12-15,26,28,34H,9,11,16H2,1-2H3,(H2,32,33)(H,35,40)(H,36,39)(H,37,38);(H,6,7)/t26-,28-;/m1./s1. The van der Waals surface area contributed by atoms with Crippen molar-refractivity contribution in [3.63, 3.8) is 0 Å². The van der Waals surface area contributed by atoms with Gasteiger partial charge in [0.2, 0.25) is 5.91 Å². The van der Waals surface area contributed by atoms with Crippen molar-refractivity contribution in [1.82, 2.24) is 10.3 Å². The molecule has 0 fully saturated rings. The summed E-state index contributed by atoms with van der Waals surface area (Å²) >= 11 is 0. The van der Waals surface area contributed by atoms with Crippen LogP contribution in [0.5, 0.6) is 0 Å². The van der Waals surface area contributed by atoms with E-state index in [9.17, 15) is 32.7 Å². The zero-order valence-electron chi connectivity index (χ0n) is 25.7. The first kappa shape index (κ1) is 35.0. The molecule has 3 aromatic carbocycles.